The largest absolute Gasteiger partial charge is 0.451 e. The lowest BCUT2D eigenvalue weighted by molar-refractivity contribution is -0.119. The van der Waals surface area contributed by atoms with E-state index in [1.54, 1.807) is 32.0 Å². The number of amides is 1. The molecule has 3 rings (SSSR count). The lowest BCUT2D eigenvalue weighted by Crippen LogP contribution is -2.30. The van der Waals surface area contributed by atoms with E-state index >= 15 is 0 Å². The minimum absolute atomic E-state index is 0.0826. The minimum atomic E-state index is -3.65. The fourth-order valence-electron chi connectivity index (χ4n) is 2.86. The number of thiophene rings is 1. The third kappa shape index (κ3) is 5.26. The number of anilines is 2. The molecule has 0 atom stereocenters. The van der Waals surface area contributed by atoms with E-state index in [0.29, 0.717) is 23.7 Å². The van der Waals surface area contributed by atoms with Crippen molar-refractivity contribution in [1.82, 2.24) is 9.29 Å². The van der Waals surface area contributed by atoms with Gasteiger partial charge in [0.25, 0.3) is 5.91 Å². The molecule has 0 unspecified atom stereocenters. The number of hydrogen-bond donors (Lipinski definition) is 1. The van der Waals surface area contributed by atoms with Crippen molar-refractivity contribution in [3.63, 3.8) is 0 Å². The van der Waals surface area contributed by atoms with E-state index in [2.05, 4.69) is 10.3 Å². The fraction of sp³-hybridized carbons (Fsp3) is 0.350. The second-order valence-electron chi connectivity index (χ2n) is 6.91. The van der Waals surface area contributed by atoms with Crippen LogP contribution in [0.2, 0.25) is 0 Å². The number of carbonyl (C=O) groups is 2. The van der Waals surface area contributed by atoms with Gasteiger partial charge in [0.15, 0.2) is 11.7 Å². The molecule has 0 fully saturated rings. The highest BCUT2D eigenvalue weighted by Crippen LogP contribution is 2.34. The zero-order valence-corrected chi connectivity index (χ0v) is 20.6. The zero-order valence-electron chi connectivity index (χ0n) is 18.1. The fourth-order valence-corrected chi connectivity index (χ4v) is 6.39. The second kappa shape index (κ2) is 9.94. The van der Waals surface area contributed by atoms with Gasteiger partial charge in [-0.2, -0.15) is 4.31 Å². The summed E-state index contributed by atoms with van der Waals surface area (Å²) in [5.74, 6) is -1.18. The number of rotatable bonds is 9. The molecule has 9 nitrogen and oxygen atoms in total. The van der Waals surface area contributed by atoms with Crippen LogP contribution >= 0.6 is 22.7 Å². The van der Waals surface area contributed by atoms with E-state index in [9.17, 15) is 18.0 Å². The van der Waals surface area contributed by atoms with Crippen LogP contribution in [0.15, 0.2) is 35.2 Å². The maximum absolute atomic E-state index is 12.7. The van der Waals surface area contributed by atoms with Crippen LogP contribution in [0.25, 0.3) is 9.53 Å². The molecule has 1 aromatic carbocycles. The van der Waals surface area contributed by atoms with Gasteiger partial charge in [-0.25, -0.2) is 18.2 Å². The number of nitrogens with one attached hydrogen (secondary N) is 1. The normalized spacial score (nSPS) is 11.7. The highest BCUT2D eigenvalue weighted by molar-refractivity contribution is 7.89. The van der Waals surface area contributed by atoms with E-state index in [-0.39, 0.29) is 4.90 Å². The van der Waals surface area contributed by atoms with Gasteiger partial charge in [0.05, 0.1) is 9.60 Å². The predicted molar refractivity (Wildman–Crippen MR) is 127 cm³/mol. The standard InChI is InChI=1S/C20H24N4O5S3/c1-5-24(6-2)32(27,28)14-9-7-8-13(10-14)21-17(25)12-29-19(26)16-11-15-18(30-16)22-20(31-15)23(3)4/h7-11H,5-6,12H2,1-4H3,(H,21,25). The number of esters is 1. The molecule has 0 aliphatic rings. The van der Waals surface area contributed by atoms with Crippen molar-refractivity contribution in [2.75, 3.05) is 44.0 Å². The first-order chi connectivity index (χ1) is 15.1. The highest BCUT2D eigenvalue weighted by atomic mass is 32.2. The summed E-state index contributed by atoms with van der Waals surface area (Å²) in [6, 6.07) is 7.68. The van der Waals surface area contributed by atoms with E-state index in [4.69, 9.17) is 4.74 Å². The minimum Gasteiger partial charge on any atom is -0.451 e. The summed E-state index contributed by atoms with van der Waals surface area (Å²) in [5.41, 5.74) is 0.302. The van der Waals surface area contributed by atoms with Crippen LogP contribution in [-0.4, -0.2) is 63.4 Å². The van der Waals surface area contributed by atoms with Crippen LogP contribution < -0.4 is 10.2 Å². The summed E-state index contributed by atoms with van der Waals surface area (Å²) in [6.07, 6.45) is 0. The molecule has 172 valence electrons. The third-order valence-corrected chi connectivity index (χ3v) is 8.81. The smallest absolute Gasteiger partial charge is 0.348 e. The highest BCUT2D eigenvalue weighted by Gasteiger charge is 2.22. The van der Waals surface area contributed by atoms with Crippen LogP contribution in [0, 0.1) is 0 Å². The SMILES string of the molecule is CCN(CC)S(=O)(=O)c1cccc(NC(=O)COC(=O)c2cc3sc(N(C)C)nc3s2)c1. The summed E-state index contributed by atoms with van der Waals surface area (Å²) in [6.45, 7) is 3.72. The summed E-state index contributed by atoms with van der Waals surface area (Å²) in [5, 5.41) is 3.41. The van der Waals surface area contributed by atoms with Gasteiger partial charge in [-0.15, -0.1) is 11.3 Å². The molecule has 1 amide bonds. The van der Waals surface area contributed by atoms with Crippen LogP contribution in [-0.2, 0) is 19.6 Å². The van der Waals surface area contributed by atoms with E-state index < -0.39 is 28.5 Å². The first-order valence-corrected chi connectivity index (χ1v) is 12.9. The van der Waals surface area contributed by atoms with Gasteiger partial charge in [0.1, 0.15) is 9.71 Å². The Morgan fingerprint density at radius 1 is 1.12 bits per heavy atom. The van der Waals surface area contributed by atoms with Crippen molar-refractivity contribution >= 4 is 64.9 Å². The Kier molecular flexibility index (Phi) is 7.49. The van der Waals surface area contributed by atoms with Gasteiger partial charge >= 0.3 is 5.97 Å². The van der Waals surface area contributed by atoms with Crippen LogP contribution in [0.4, 0.5) is 10.8 Å². The summed E-state index contributed by atoms with van der Waals surface area (Å²) in [7, 11) is 0.140. The van der Waals surface area contributed by atoms with Gasteiger partial charge in [0, 0.05) is 32.9 Å². The molecule has 12 heteroatoms. The molecule has 0 aliphatic carbocycles. The van der Waals surface area contributed by atoms with Crippen LogP contribution in [0.5, 0.6) is 0 Å². The lowest BCUT2D eigenvalue weighted by Gasteiger charge is -2.18. The Morgan fingerprint density at radius 3 is 2.47 bits per heavy atom. The van der Waals surface area contributed by atoms with E-state index in [0.717, 1.165) is 14.7 Å². The Bertz CT molecular complexity index is 1200. The van der Waals surface area contributed by atoms with Gasteiger partial charge in [-0.05, 0) is 24.3 Å². The number of sulfonamides is 1. The number of ether oxygens (including phenoxy) is 1. The first-order valence-electron chi connectivity index (χ1n) is 9.80. The molecule has 0 bridgehead atoms. The first kappa shape index (κ1) is 24.1. The van der Waals surface area contributed by atoms with Crippen LogP contribution in [0.3, 0.4) is 0 Å². The number of benzene rings is 1. The zero-order chi connectivity index (χ0) is 23.5. The second-order valence-corrected chi connectivity index (χ2v) is 10.9. The molecular weight excluding hydrogens is 472 g/mol. The Hall–Kier alpha value is -2.54. The molecule has 1 N–H and O–H groups in total. The maximum Gasteiger partial charge on any atom is 0.348 e. The topological polar surface area (TPSA) is 109 Å². The van der Waals surface area contributed by atoms with Crippen molar-refractivity contribution in [1.29, 1.82) is 0 Å². The Labute approximate surface area is 194 Å². The molecule has 0 saturated carbocycles. The average molecular weight is 497 g/mol. The molecule has 0 spiro atoms. The summed E-state index contributed by atoms with van der Waals surface area (Å²) < 4.78 is 32.6. The van der Waals surface area contributed by atoms with Crippen molar-refractivity contribution in [2.24, 2.45) is 0 Å². The van der Waals surface area contributed by atoms with Crippen molar-refractivity contribution in [2.45, 2.75) is 18.7 Å². The van der Waals surface area contributed by atoms with Crippen LogP contribution in [0.1, 0.15) is 23.5 Å². The quantitative estimate of drug-likeness (QED) is 0.453. The molecule has 2 aromatic heterocycles. The van der Waals surface area contributed by atoms with Gasteiger partial charge < -0.3 is 15.0 Å². The number of thiazole rings is 1. The van der Waals surface area contributed by atoms with E-state index in [1.165, 1.54) is 39.1 Å². The summed E-state index contributed by atoms with van der Waals surface area (Å²) >= 11 is 2.67. The Balaban J connectivity index is 1.61. The van der Waals surface area contributed by atoms with Crippen molar-refractivity contribution < 1.29 is 22.7 Å². The van der Waals surface area contributed by atoms with Gasteiger partial charge in [-0.1, -0.05) is 31.3 Å². The number of aromatic nitrogens is 1. The van der Waals surface area contributed by atoms with Crippen molar-refractivity contribution in [3.8, 4) is 0 Å². The number of carbonyl (C=O) groups excluding carboxylic acids is 2. The maximum atomic E-state index is 12.7. The summed E-state index contributed by atoms with van der Waals surface area (Å²) in [4.78, 5) is 32.1. The predicted octanol–water partition coefficient (Wildman–Crippen LogP) is 3.25. The molecule has 3 aromatic rings. The molecule has 0 radical (unpaired) electrons. The third-order valence-electron chi connectivity index (χ3n) is 4.46. The van der Waals surface area contributed by atoms with Crippen molar-refractivity contribution in [3.05, 3.63) is 35.2 Å². The monoisotopic (exact) mass is 496 g/mol. The Morgan fingerprint density at radius 2 is 1.84 bits per heavy atom. The molecule has 2 heterocycles. The van der Waals surface area contributed by atoms with Gasteiger partial charge in [-0.3, -0.25) is 4.79 Å². The molecule has 0 saturated heterocycles. The van der Waals surface area contributed by atoms with Gasteiger partial charge in [0.2, 0.25) is 10.0 Å². The van der Waals surface area contributed by atoms with E-state index in [1.807, 2.05) is 19.0 Å². The lowest BCUT2D eigenvalue weighted by atomic mass is 10.3. The molecule has 32 heavy (non-hydrogen) atoms. The number of nitrogens with zero attached hydrogens (tertiary/aromatic N) is 3. The average Bonchev–Trinajstić information content (AvgIpc) is 3.32. The molecule has 0 aliphatic heterocycles. The molecular formula is C20H24N4O5S3. The number of hydrogen-bond acceptors (Lipinski definition) is 9. The number of fused-ring (bicyclic) bond motifs is 1.